The Morgan fingerprint density at radius 1 is 1.25 bits per heavy atom. The predicted molar refractivity (Wildman–Crippen MR) is 71.6 cm³/mol. The fourth-order valence-electron chi connectivity index (χ4n) is 2.08. The Labute approximate surface area is 103 Å². The molecule has 1 aliphatic heterocycles. The van der Waals surface area contributed by atoms with E-state index in [1.165, 1.54) is 11.4 Å². The van der Waals surface area contributed by atoms with Crippen molar-refractivity contribution in [2.45, 2.75) is 0 Å². The average molecular weight is 275 g/mol. The number of nitrogens with zero attached hydrogens (tertiary/aromatic N) is 1. The van der Waals surface area contributed by atoms with E-state index in [0.717, 1.165) is 22.4 Å². The zero-order chi connectivity index (χ0) is 11.1. The number of halogens is 1. The molecular formula is C13H11BrN2. The highest BCUT2D eigenvalue weighted by molar-refractivity contribution is 9.11. The molecule has 3 heteroatoms. The van der Waals surface area contributed by atoms with Gasteiger partial charge in [-0.05, 0) is 29.9 Å². The van der Waals surface area contributed by atoms with E-state index in [1.807, 2.05) is 12.1 Å². The molecular weight excluding hydrogens is 264 g/mol. The highest BCUT2D eigenvalue weighted by Gasteiger charge is 2.24. The first-order chi connectivity index (χ1) is 7.75. The van der Waals surface area contributed by atoms with E-state index in [0.29, 0.717) is 0 Å². The first kappa shape index (κ1) is 9.73. The van der Waals surface area contributed by atoms with Crippen LogP contribution in [0.4, 0.5) is 11.4 Å². The standard InChI is InChI=1S/C13H11BrN2/c1-9-6-10(14)7-13(9)16-8-15-11-4-2-3-5-12(11)16/h2-7,15H,1,8H2. The third-order valence-corrected chi connectivity index (χ3v) is 3.29. The molecule has 3 rings (SSSR count). The van der Waals surface area contributed by atoms with Gasteiger partial charge in [-0.2, -0.15) is 0 Å². The molecule has 0 saturated carbocycles. The van der Waals surface area contributed by atoms with Gasteiger partial charge in [0.05, 0.1) is 23.7 Å². The van der Waals surface area contributed by atoms with Crippen LogP contribution >= 0.6 is 15.9 Å². The lowest BCUT2D eigenvalue weighted by atomic mass is 10.2. The maximum absolute atomic E-state index is 4.06. The number of para-hydroxylation sites is 2. The molecule has 0 radical (unpaired) electrons. The van der Waals surface area contributed by atoms with Gasteiger partial charge in [0.25, 0.3) is 0 Å². The van der Waals surface area contributed by atoms with Crippen molar-refractivity contribution in [1.29, 1.82) is 0 Å². The first-order valence-electron chi connectivity index (χ1n) is 5.14. The van der Waals surface area contributed by atoms with Crippen LogP contribution in [0.3, 0.4) is 0 Å². The zero-order valence-electron chi connectivity index (χ0n) is 8.70. The molecule has 0 bridgehead atoms. The Bertz CT molecular complexity index is 528. The lowest BCUT2D eigenvalue weighted by Crippen LogP contribution is -2.21. The Kier molecular flexibility index (Phi) is 2.14. The maximum atomic E-state index is 4.06. The molecule has 1 aliphatic carbocycles. The lowest BCUT2D eigenvalue weighted by Gasteiger charge is -2.20. The van der Waals surface area contributed by atoms with Gasteiger partial charge in [-0.25, -0.2) is 0 Å². The fourth-order valence-corrected chi connectivity index (χ4v) is 2.57. The third kappa shape index (κ3) is 1.39. The SMILES string of the molecule is C=C1C=C(Br)C=C1N1CNc2ccccc21. The average Bonchev–Trinajstić information content (AvgIpc) is 2.81. The molecule has 0 amide bonds. The molecule has 0 saturated heterocycles. The molecule has 80 valence electrons. The fraction of sp³-hybridized carbons (Fsp3) is 0.0769. The van der Waals surface area contributed by atoms with Crippen molar-refractivity contribution in [3.63, 3.8) is 0 Å². The molecule has 1 aromatic carbocycles. The minimum absolute atomic E-state index is 0.804. The Morgan fingerprint density at radius 2 is 2.06 bits per heavy atom. The van der Waals surface area contributed by atoms with Crippen molar-refractivity contribution in [2.75, 3.05) is 16.9 Å². The zero-order valence-corrected chi connectivity index (χ0v) is 10.3. The van der Waals surface area contributed by atoms with Crippen LogP contribution in [-0.4, -0.2) is 6.67 Å². The lowest BCUT2D eigenvalue weighted by molar-refractivity contribution is 1.04. The van der Waals surface area contributed by atoms with Gasteiger partial charge in [-0.1, -0.05) is 34.6 Å². The number of allylic oxidation sites excluding steroid dienone is 3. The van der Waals surface area contributed by atoms with Gasteiger partial charge >= 0.3 is 0 Å². The van der Waals surface area contributed by atoms with Gasteiger partial charge in [0.1, 0.15) is 0 Å². The smallest absolute Gasteiger partial charge is 0.0927 e. The van der Waals surface area contributed by atoms with Crippen molar-refractivity contribution < 1.29 is 0 Å². The van der Waals surface area contributed by atoms with E-state index >= 15 is 0 Å². The Hall–Kier alpha value is -1.48. The van der Waals surface area contributed by atoms with Crippen LogP contribution < -0.4 is 10.2 Å². The summed E-state index contributed by atoms with van der Waals surface area (Å²) in [6, 6.07) is 8.31. The van der Waals surface area contributed by atoms with E-state index < -0.39 is 0 Å². The number of fused-ring (bicyclic) bond motifs is 1. The summed E-state index contributed by atoms with van der Waals surface area (Å²) in [5.74, 6) is 0. The topological polar surface area (TPSA) is 15.3 Å². The number of hydrogen-bond donors (Lipinski definition) is 1. The summed E-state index contributed by atoms with van der Waals surface area (Å²) in [7, 11) is 0. The summed E-state index contributed by atoms with van der Waals surface area (Å²) in [5, 5.41) is 3.37. The van der Waals surface area contributed by atoms with E-state index in [9.17, 15) is 0 Å². The van der Waals surface area contributed by atoms with Gasteiger partial charge in [0, 0.05) is 4.48 Å². The second-order valence-electron chi connectivity index (χ2n) is 3.86. The Balaban J connectivity index is 2.01. The van der Waals surface area contributed by atoms with Crippen molar-refractivity contribution in [3.8, 4) is 0 Å². The molecule has 0 unspecified atom stereocenters. The number of hydrogen-bond acceptors (Lipinski definition) is 2. The number of rotatable bonds is 1. The summed E-state index contributed by atoms with van der Waals surface area (Å²) in [6.07, 6.45) is 4.14. The normalized spacial score (nSPS) is 18.1. The van der Waals surface area contributed by atoms with E-state index in [-0.39, 0.29) is 0 Å². The molecule has 16 heavy (non-hydrogen) atoms. The summed E-state index contributed by atoms with van der Waals surface area (Å²) in [5.41, 5.74) is 4.60. The molecule has 0 atom stereocenters. The van der Waals surface area contributed by atoms with Crippen LogP contribution in [-0.2, 0) is 0 Å². The minimum Gasteiger partial charge on any atom is -0.366 e. The molecule has 0 aromatic heterocycles. The van der Waals surface area contributed by atoms with Gasteiger partial charge in [0.2, 0.25) is 0 Å². The molecule has 2 aliphatic rings. The molecule has 0 spiro atoms. The van der Waals surface area contributed by atoms with Crippen LogP contribution in [0.25, 0.3) is 0 Å². The summed E-state index contributed by atoms with van der Waals surface area (Å²) in [6.45, 7) is 4.86. The van der Waals surface area contributed by atoms with Gasteiger partial charge in [-0.15, -0.1) is 0 Å². The molecule has 1 aromatic rings. The quantitative estimate of drug-likeness (QED) is 0.842. The monoisotopic (exact) mass is 274 g/mol. The summed E-state index contributed by atoms with van der Waals surface area (Å²) in [4.78, 5) is 2.24. The second-order valence-corrected chi connectivity index (χ2v) is 4.78. The highest BCUT2D eigenvalue weighted by Crippen LogP contribution is 2.38. The van der Waals surface area contributed by atoms with E-state index in [1.54, 1.807) is 0 Å². The molecule has 2 nitrogen and oxygen atoms in total. The third-order valence-electron chi connectivity index (χ3n) is 2.83. The number of nitrogens with one attached hydrogen (secondary N) is 1. The van der Waals surface area contributed by atoms with Crippen LogP contribution in [0.15, 0.2) is 58.7 Å². The van der Waals surface area contributed by atoms with Crippen molar-refractivity contribution in [2.24, 2.45) is 0 Å². The minimum atomic E-state index is 0.804. The number of benzene rings is 1. The Morgan fingerprint density at radius 3 is 2.81 bits per heavy atom. The first-order valence-corrected chi connectivity index (χ1v) is 5.93. The van der Waals surface area contributed by atoms with Crippen LogP contribution in [0.2, 0.25) is 0 Å². The molecule has 1 N–H and O–H groups in total. The van der Waals surface area contributed by atoms with Crippen molar-refractivity contribution >= 4 is 27.3 Å². The predicted octanol–water partition coefficient (Wildman–Crippen LogP) is 3.61. The van der Waals surface area contributed by atoms with E-state index in [4.69, 9.17) is 0 Å². The van der Waals surface area contributed by atoms with Crippen LogP contribution in [0, 0.1) is 0 Å². The molecule has 0 fully saturated rings. The second kappa shape index (κ2) is 3.52. The van der Waals surface area contributed by atoms with Gasteiger partial charge in [-0.3, -0.25) is 0 Å². The van der Waals surface area contributed by atoms with Gasteiger partial charge < -0.3 is 10.2 Å². The van der Waals surface area contributed by atoms with Gasteiger partial charge in [0.15, 0.2) is 0 Å². The summed E-state index contributed by atoms with van der Waals surface area (Å²) >= 11 is 3.48. The number of anilines is 2. The van der Waals surface area contributed by atoms with E-state index in [2.05, 4.69) is 57.0 Å². The van der Waals surface area contributed by atoms with Crippen LogP contribution in [0.5, 0.6) is 0 Å². The largest absolute Gasteiger partial charge is 0.366 e. The summed E-state index contributed by atoms with van der Waals surface area (Å²) < 4.78 is 1.08. The maximum Gasteiger partial charge on any atom is 0.0927 e. The van der Waals surface area contributed by atoms with Crippen LogP contribution in [0.1, 0.15) is 0 Å². The highest BCUT2D eigenvalue weighted by atomic mass is 79.9. The van der Waals surface area contributed by atoms with Crippen molar-refractivity contribution in [1.82, 2.24) is 0 Å². The molecule has 1 heterocycles. The van der Waals surface area contributed by atoms with Crippen molar-refractivity contribution in [3.05, 3.63) is 58.7 Å².